The minimum Gasteiger partial charge on any atom is -0.385 e. The molecule has 2 aliphatic rings. The number of imidazole rings is 1. The molecule has 0 bridgehead atoms. The molecule has 198 valence electrons. The number of nitrogens with two attached hydrogens (primary N) is 1. The molecular formula is C27H35N5O4S. The van der Waals surface area contributed by atoms with E-state index < -0.39 is 22.0 Å². The van der Waals surface area contributed by atoms with Gasteiger partial charge in [-0.15, -0.1) is 0 Å². The molecule has 0 spiro atoms. The fraction of sp³-hybridized carbons (Fsp3) is 0.481. The molecule has 2 aliphatic heterocycles. The number of ether oxygens (including phenoxy) is 1. The van der Waals surface area contributed by atoms with Gasteiger partial charge in [-0.1, -0.05) is 30.3 Å². The molecule has 2 N–H and O–H groups in total. The van der Waals surface area contributed by atoms with E-state index in [1.165, 1.54) is 4.31 Å². The number of rotatable bonds is 8. The highest BCUT2D eigenvalue weighted by molar-refractivity contribution is 7.89. The smallest absolute Gasteiger partial charge is 0.243 e. The minimum absolute atomic E-state index is 0.0648. The minimum atomic E-state index is -3.70. The summed E-state index contributed by atoms with van der Waals surface area (Å²) in [7, 11) is -1.99. The fourth-order valence-corrected chi connectivity index (χ4v) is 7.15. The lowest BCUT2D eigenvalue weighted by Crippen LogP contribution is -2.47. The molecule has 1 unspecified atom stereocenters. The number of carbonyl (C=O) groups excluding carboxylic acids is 1. The quantitative estimate of drug-likeness (QED) is 0.452. The van der Waals surface area contributed by atoms with Gasteiger partial charge in [-0.25, -0.2) is 13.4 Å². The summed E-state index contributed by atoms with van der Waals surface area (Å²) >= 11 is 0. The van der Waals surface area contributed by atoms with Crippen LogP contribution in [0, 0.1) is 5.92 Å². The molecule has 2 aromatic carbocycles. The van der Waals surface area contributed by atoms with Gasteiger partial charge in [-0.2, -0.15) is 4.31 Å². The number of hydrogen-bond acceptors (Lipinski definition) is 6. The predicted octanol–water partition coefficient (Wildman–Crippen LogP) is 2.43. The molecule has 9 nitrogen and oxygen atoms in total. The van der Waals surface area contributed by atoms with Crippen molar-refractivity contribution >= 4 is 27.0 Å². The summed E-state index contributed by atoms with van der Waals surface area (Å²) in [6, 6.07) is 15.9. The summed E-state index contributed by atoms with van der Waals surface area (Å²) in [6.07, 6.45) is 2.69. The van der Waals surface area contributed by atoms with E-state index in [1.54, 1.807) is 37.4 Å². The van der Waals surface area contributed by atoms with Crippen LogP contribution in [0.3, 0.4) is 0 Å². The number of fused-ring (bicyclic) bond motifs is 1. The number of sulfonamides is 1. The SMILES string of the molecule is COCCCn1c(C2CCCN(C(=O)[C@@H]3CN(S(=O)(=O)c4ccccc4)C[C@H]3N)C2)nc2ccccc21. The molecule has 2 saturated heterocycles. The van der Waals surface area contributed by atoms with E-state index in [4.69, 9.17) is 15.5 Å². The number of nitrogens with zero attached hydrogens (tertiary/aromatic N) is 4. The fourth-order valence-electron chi connectivity index (χ4n) is 5.62. The van der Waals surface area contributed by atoms with Crippen LogP contribution >= 0.6 is 0 Å². The van der Waals surface area contributed by atoms with Gasteiger partial charge in [-0.05, 0) is 43.5 Å². The van der Waals surface area contributed by atoms with Gasteiger partial charge in [0, 0.05) is 58.4 Å². The standard InChI is InChI=1S/C27H35N5O4S/c1-36-16-8-15-32-25-13-6-5-12-24(25)29-26(32)20-9-7-14-30(17-20)27(33)22-18-31(19-23(22)28)37(34,35)21-10-3-2-4-11-21/h2-6,10-13,20,22-23H,7-9,14-19,28H2,1H3/t20?,22-,23-/m1/s1. The summed E-state index contributed by atoms with van der Waals surface area (Å²) < 4.78 is 35.1. The van der Waals surface area contributed by atoms with Gasteiger partial charge in [0.15, 0.2) is 0 Å². The molecule has 37 heavy (non-hydrogen) atoms. The average molecular weight is 526 g/mol. The Hall–Kier alpha value is -2.79. The van der Waals surface area contributed by atoms with Crippen molar-refractivity contribution in [2.24, 2.45) is 11.7 Å². The van der Waals surface area contributed by atoms with Gasteiger partial charge >= 0.3 is 0 Å². The Bertz CT molecular complexity index is 1340. The molecule has 2 fully saturated rings. The molecule has 3 aromatic rings. The Balaban J connectivity index is 1.33. The van der Waals surface area contributed by atoms with Crippen molar-refractivity contribution in [2.75, 3.05) is 39.9 Å². The predicted molar refractivity (Wildman–Crippen MR) is 141 cm³/mol. The number of aryl methyl sites for hydroxylation is 1. The molecule has 1 amide bonds. The van der Waals surface area contributed by atoms with Crippen LogP contribution < -0.4 is 5.73 Å². The summed E-state index contributed by atoms with van der Waals surface area (Å²) in [5, 5.41) is 0. The first-order chi connectivity index (χ1) is 17.9. The van der Waals surface area contributed by atoms with E-state index in [9.17, 15) is 13.2 Å². The van der Waals surface area contributed by atoms with Crippen LogP contribution in [0.15, 0.2) is 59.5 Å². The van der Waals surface area contributed by atoms with Crippen LogP contribution in [0.2, 0.25) is 0 Å². The van der Waals surface area contributed by atoms with E-state index in [1.807, 2.05) is 23.1 Å². The number of likely N-dealkylation sites (tertiary alicyclic amines) is 1. The molecule has 10 heteroatoms. The van der Waals surface area contributed by atoms with Crippen molar-refractivity contribution in [1.82, 2.24) is 18.8 Å². The Morgan fingerprint density at radius 3 is 2.62 bits per heavy atom. The van der Waals surface area contributed by atoms with Gasteiger partial charge in [0.2, 0.25) is 15.9 Å². The monoisotopic (exact) mass is 525 g/mol. The van der Waals surface area contributed by atoms with Gasteiger partial charge in [-0.3, -0.25) is 4.79 Å². The molecule has 0 radical (unpaired) electrons. The Labute approximate surface area is 218 Å². The highest BCUT2D eigenvalue weighted by Crippen LogP contribution is 2.32. The topological polar surface area (TPSA) is 111 Å². The van der Waals surface area contributed by atoms with Crippen LogP contribution in [0.25, 0.3) is 11.0 Å². The Morgan fingerprint density at radius 2 is 1.84 bits per heavy atom. The largest absolute Gasteiger partial charge is 0.385 e. The second-order valence-corrected chi connectivity index (χ2v) is 11.9. The van der Waals surface area contributed by atoms with Crippen molar-refractivity contribution < 1.29 is 17.9 Å². The highest BCUT2D eigenvalue weighted by Gasteiger charge is 2.43. The van der Waals surface area contributed by atoms with E-state index in [2.05, 4.69) is 10.6 Å². The van der Waals surface area contributed by atoms with Gasteiger partial charge in [0.25, 0.3) is 0 Å². The third kappa shape index (κ3) is 5.16. The number of benzene rings is 2. The van der Waals surface area contributed by atoms with Crippen LogP contribution in [0.1, 0.15) is 31.0 Å². The molecule has 1 aromatic heterocycles. The number of piperidine rings is 1. The number of hydrogen-bond donors (Lipinski definition) is 1. The van der Waals surface area contributed by atoms with Crippen LogP contribution in [-0.4, -0.2) is 79.0 Å². The maximum atomic E-state index is 13.6. The third-order valence-corrected chi connectivity index (χ3v) is 9.39. The lowest BCUT2D eigenvalue weighted by molar-refractivity contribution is -0.136. The summed E-state index contributed by atoms with van der Waals surface area (Å²) in [4.78, 5) is 20.7. The number of amides is 1. The average Bonchev–Trinajstić information content (AvgIpc) is 3.50. The number of carbonyl (C=O) groups is 1. The van der Waals surface area contributed by atoms with Gasteiger partial charge in [0.1, 0.15) is 5.82 Å². The van der Waals surface area contributed by atoms with Crippen LogP contribution in [-0.2, 0) is 26.1 Å². The van der Waals surface area contributed by atoms with Crippen LogP contribution in [0.4, 0.5) is 0 Å². The molecular weight excluding hydrogens is 490 g/mol. The van der Waals surface area contributed by atoms with Crippen molar-refractivity contribution in [3.8, 4) is 0 Å². The molecule has 0 aliphatic carbocycles. The zero-order valence-electron chi connectivity index (χ0n) is 21.2. The lowest BCUT2D eigenvalue weighted by atomic mass is 9.94. The Morgan fingerprint density at radius 1 is 1.08 bits per heavy atom. The first kappa shape index (κ1) is 25.8. The van der Waals surface area contributed by atoms with E-state index >= 15 is 0 Å². The molecule has 0 saturated carbocycles. The first-order valence-corrected chi connectivity index (χ1v) is 14.4. The number of para-hydroxylation sites is 2. The van der Waals surface area contributed by atoms with Gasteiger partial charge < -0.3 is 19.9 Å². The summed E-state index contributed by atoms with van der Waals surface area (Å²) in [5.74, 6) is 0.482. The van der Waals surface area contributed by atoms with E-state index in [-0.39, 0.29) is 29.8 Å². The van der Waals surface area contributed by atoms with Crippen molar-refractivity contribution in [3.63, 3.8) is 0 Å². The normalized spacial score (nSPS) is 23.1. The molecule has 3 heterocycles. The van der Waals surface area contributed by atoms with Crippen molar-refractivity contribution in [3.05, 3.63) is 60.4 Å². The summed E-state index contributed by atoms with van der Waals surface area (Å²) in [5.41, 5.74) is 8.41. The van der Waals surface area contributed by atoms with E-state index in [0.717, 1.165) is 42.7 Å². The van der Waals surface area contributed by atoms with Crippen molar-refractivity contribution in [2.45, 2.75) is 42.7 Å². The first-order valence-electron chi connectivity index (χ1n) is 12.9. The van der Waals surface area contributed by atoms with Gasteiger partial charge in [0.05, 0.1) is 21.8 Å². The maximum absolute atomic E-state index is 13.6. The highest BCUT2D eigenvalue weighted by atomic mass is 32.2. The molecule has 5 rings (SSSR count). The number of aromatic nitrogens is 2. The second kappa shape index (κ2) is 10.9. The third-order valence-electron chi connectivity index (χ3n) is 7.54. The summed E-state index contributed by atoms with van der Waals surface area (Å²) in [6.45, 7) is 2.92. The Kier molecular flexibility index (Phi) is 7.62. The van der Waals surface area contributed by atoms with E-state index in [0.29, 0.717) is 19.7 Å². The zero-order valence-corrected chi connectivity index (χ0v) is 22.0. The molecule has 3 atom stereocenters. The zero-order chi connectivity index (χ0) is 26.0. The maximum Gasteiger partial charge on any atom is 0.243 e. The lowest BCUT2D eigenvalue weighted by Gasteiger charge is -2.35. The number of methoxy groups -OCH3 is 1. The van der Waals surface area contributed by atoms with Crippen molar-refractivity contribution in [1.29, 1.82) is 0 Å². The second-order valence-electron chi connectivity index (χ2n) is 9.99. The van der Waals surface area contributed by atoms with Crippen LogP contribution in [0.5, 0.6) is 0 Å².